The standard InChI is InChI=1S/C10H18O/c1-3-9(2)10(11)7-5-4-6-8-10/h3,9,11H,1,4-8H2,2H3/t9-/m1/s1. The van der Waals surface area contributed by atoms with Crippen LogP contribution in [0.4, 0.5) is 0 Å². The van der Waals surface area contributed by atoms with E-state index in [1.54, 1.807) is 0 Å². The maximum atomic E-state index is 10.1. The first-order chi connectivity index (χ1) is 5.19. The summed E-state index contributed by atoms with van der Waals surface area (Å²) in [5.74, 6) is 0.253. The molecule has 0 aromatic carbocycles. The molecular weight excluding hydrogens is 136 g/mol. The molecule has 1 fully saturated rings. The number of aliphatic hydroxyl groups is 1. The summed E-state index contributed by atoms with van der Waals surface area (Å²) in [5.41, 5.74) is -0.431. The van der Waals surface area contributed by atoms with E-state index in [1.165, 1.54) is 19.3 Å². The monoisotopic (exact) mass is 154 g/mol. The molecule has 0 aromatic heterocycles. The normalized spacial score (nSPS) is 26.0. The average Bonchev–Trinajstić information content (AvgIpc) is 2.04. The number of hydrogen-bond acceptors (Lipinski definition) is 1. The van der Waals surface area contributed by atoms with Crippen LogP contribution in [0.1, 0.15) is 39.0 Å². The van der Waals surface area contributed by atoms with Crippen molar-refractivity contribution in [1.82, 2.24) is 0 Å². The van der Waals surface area contributed by atoms with Crippen molar-refractivity contribution in [1.29, 1.82) is 0 Å². The van der Waals surface area contributed by atoms with E-state index in [0.29, 0.717) is 0 Å². The minimum Gasteiger partial charge on any atom is -0.389 e. The molecule has 1 N–H and O–H groups in total. The molecule has 1 heteroatoms. The first-order valence-corrected chi connectivity index (χ1v) is 4.54. The number of hydrogen-bond donors (Lipinski definition) is 1. The summed E-state index contributed by atoms with van der Waals surface area (Å²) in [6.45, 7) is 5.77. The Balaban J connectivity index is 2.55. The highest BCUT2D eigenvalue weighted by atomic mass is 16.3. The lowest BCUT2D eigenvalue weighted by atomic mass is 9.76. The first kappa shape index (κ1) is 8.79. The van der Waals surface area contributed by atoms with Gasteiger partial charge < -0.3 is 5.11 Å². The summed E-state index contributed by atoms with van der Waals surface area (Å²) in [4.78, 5) is 0. The zero-order chi connectivity index (χ0) is 8.32. The van der Waals surface area contributed by atoms with Crippen LogP contribution >= 0.6 is 0 Å². The molecule has 0 unspecified atom stereocenters. The molecule has 0 bridgehead atoms. The van der Waals surface area contributed by atoms with Crippen molar-refractivity contribution in [3.63, 3.8) is 0 Å². The SMILES string of the molecule is C=C[C@@H](C)C1(O)CCCCC1. The average molecular weight is 154 g/mol. The lowest BCUT2D eigenvalue weighted by Gasteiger charge is -2.35. The van der Waals surface area contributed by atoms with E-state index in [1.807, 2.05) is 6.08 Å². The van der Waals surface area contributed by atoms with Crippen molar-refractivity contribution in [2.24, 2.45) is 5.92 Å². The van der Waals surface area contributed by atoms with E-state index >= 15 is 0 Å². The third kappa shape index (κ3) is 1.84. The van der Waals surface area contributed by atoms with Gasteiger partial charge in [-0.25, -0.2) is 0 Å². The molecule has 0 aromatic rings. The van der Waals surface area contributed by atoms with Crippen LogP contribution in [0.2, 0.25) is 0 Å². The minimum atomic E-state index is -0.431. The fraction of sp³-hybridized carbons (Fsp3) is 0.800. The second kappa shape index (κ2) is 3.40. The van der Waals surface area contributed by atoms with Gasteiger partial charge in [0.15, 0.2) is 0 Å². The molecule has 1 aliphatic carbocycles. The van der Waals surface area contributed by atoms with Crippen LogP contribution in [-0.2, 0) is 0 Å². The molecule has 0 saturated heterocycles. The van der Waals surface area contributed by atoms with Crippen LogP contribution in [-0.4, -0.2) is 10.7 Å². The molecule has 1 atom stereocenters. The molecule has 11 heavy (non-hydrogen) atoms. The van der Waals surface area contributed by atoms with Crippen LogP contribution in [0, 0.1) is 5.92 Å². The molecule has 0 aliphatic heterocycles. The predicted molar refractivity (Wildman–Crippen MR) is 47.4 cm³/mol. The van der Waals surface area contributed by atoms with E-state index < -0.39 is 5.60 Å². The van der Waals surface area contributed by atoms with Gasteiger partial charge >= 0.3 is 0 Å². The quantitative estimate of drug-likeness (QED) is 0.606. The summed E-state index contributed by atoms with van der Waals surface area (Å²) in [7, 11) is 0. The molecule has 64 valence electrons. The lowest BCUT2D eigenvalue weighted by Crippen LogP contribution is -2.37. The van der Waals surface area contributed by atoms with E-state index in [0.717, 1.165) is 12.8 Å². The van der Waals surface area contributed by atoms with Crippen molar-refractivity contribution in [2.75, 3.05) is 0 Å². The summed E-state index contributed by atoms with van der Waals surface area (Å²) >= 11 is 0. The Morgan fingerprint density at radius 2 is 1.91 bits per heavy atom. The zero-order valence-electron chi connectivity index (χ0n) is 7.34. The second-order valence-corrected chi connectivity index (χ2v) is 3.69. The van der Waals surface area contributed by atoms with Gasteiger partial charge in [0.25, 0.3) is 0 Å². The Kier molecular flexibility index (Phi) is 2.72. The van der Waals surface area contributed by atoms with Gasteiger partial charge in [0.2, 0.25) is 0 Å². The Hall–Kier alpha value is -0.300. The van der Waals surface area contributed by atoms with Crippen LogP contribution in [0.25, 0.3) is 0 Å². The van der Waals surface area contributed by atoms with Crippen LogP contribution in [0.15, 0.2) is 12.7 Å². The highest BCUT2D eigenvalue weighted by molar-refractivity contribution is 4.94. The molecule has 0 radical (unpaired) electrons. The molecule has 0 spiro atoms. The fourth-order valence-corrected chi connectivity index (χ4v) is 1.84. The molecule has 0 heterocycles. The van der Waals surface area contributed by atoms with Gasteiger partial charge in [-0.05, 0) is 12.8 Å². The highest BCUT2D eigenvalue weighted by Crippen LogP contribution is 2.34. The molecule has 1 nitrogen and oxygen atoms in total. The van der Waals surface area contributed by atoms with Gasteiger partial charge in [-0.3, -0.25) is 0 Å². The van der Waals surface area contributed by atoms with Crippen molar-refractivity contribution < 1.29 is 5.11 Å². The maximum absolute atomic E-state index is 10.1. The predicted octanol–water partition coefficient (Wildman–Crippen LogP) is 2.50. The Morgan fingerprint density at radius 3 is 2.36 bits per heavy atom. The van der Waals surface area contributed by atoms with Crippen LogP contribution in [0.5, 0.6) is 0 Å². The zero-order valence-corrected chi connectivity index (χ0v) is 7.34. The third-order valence-electron chi connectivity index (χ3n) is 2.92. The smallest absolute Gasteiger partial charge is 0.0707 e. The Labute approximate surface area is 69.1 Å². The molecule has 0 amide bonds. The maximum Gasteiger partial charge on any atom is 0.0707 e. The summed E-state index contributed by atoms with van der Waals surface area (Å²) in [6.07, 6.45) is 7.42. The Morgan fingerprint density at radius 1 is 1.36 bits per heavy atom. The van der Waals surface area contributed by atoms with Gasteiger partial charge in [-0.1, -0.05) is 32.3 Å². The van der Waals surface area contributed by atoms with Gasteiger partial charge in [0.1, 0.15) is 0 Å². The van der Waals surface area contributed by atoms with Gasteiger partial charge in [-0.2, -0.15) is 0 Å². The molecule has 1 rings (SSSR count). The molecular formula is C10H18O. The van der Waals surface area contributed by atoms with Crippen molar-refractivity contribution >= 4 is 0 Å². The summed E-state index contributed by atoms with van der Waals surface area (Å²) in [6, 6.07) is 0. The van der Waals surface area contributed by atoms with E-state index in [9.17, 15) is 5.11 Å². The first-order valence-electron chi connectivity index (χ1n) is 4.54. The fourth-order valence-electron chi connectivity index (χ4n) is 1.84. The minimum absolute atomic E-state index is 0.253. The number of rotatable bonds is 2. The summed E-state index contributed by atoms with van der Waals surface area (Å²) in [5, 5.41) is 10.1. The van der Waals surface area contributed by atoms with Gasteiger partial charge in [0.05, 0.1) is 5.60 Å². The van der Waals surface area contributed by atoms with Crippen molar-refractivity contribution in [3.05, 3.63) is 12.7 Å². The second-order valence-electron chi connectivity index (χ2n) is 3.69. The van der Waals surface area contributed by atoms with E-state index in [-0.39, 0.29) is 5.92 Å². The van der Waals surface area contributed by atoms with Crippen LogP contribution < -0.4 is 0 Å². The molecule has 1 saturated carbocycles. The lowest BCUT2D eigenvalue weighted by molar-refractivity contribution is -0.0272. The van der Waals surface area contributed by atoms with Gasteiger partial charge in [0, 0.05) is 5.92 Å². The Bertz CT molecular complexity index is 134. The van der Waals surface area contributed by atoms with Crippen molar-refractivity contribution in [2.45, 2.75) is 44.6 Å². The highest BCUT2D eigenvalue weighted by Gasteiger charge is 2.32. The van der Waals surface area contributed by atoms with E-state index in [4.69, 9.17) is 0 Å². The largest absolute Gasteiger partial charge is 0.389 e. The molecule has 1 aliphatic rings. The topological polar surface area (TPSA) is 20.2 Å². The third-order valence-corrected chi connectivity index (χ3v) is 2.92. The van der Waals surface area contributed by atoms with Crippen LogP contribution in [0.3, 0.4) is 0 Å². The van der Waals surface area contributed by atoms with Crippen molar-refractivity contribution in [3.8, 4) is 0 Å². The van der Waals surface area contributed by atoms with E-state index in [2.05, 4.69) is 13.5 Å². The van der Waals surface area contributed by atoms with Gasteiger partial charge in [-0.15, -0.1) is 6.58 Å². The summed E-state index contributed by atoms with van der Waals surface area (Å²) < 4.78 is 0.